The topological polar surface area (TPSA) is 99.2 Å². The molecule has 1 rings (SSSR count). The second-order valence-corrected chi connectivity index (χ2v) is 6.30. The number of nitrogens with two attached hydrogens (primary N) is 1. The van der Waals surface area contributed by atoms with Crippen LogP contribution in [0.2, 0.25) is 0 Å². The van der Waals surface area contributed by atoms with E-state index in [0.717, 1.165) is 23.6 Å². The normalized spacial score (nSPS) is 24.2. The standard InChI is InChI=1S/C9H20N4O3S/c1-8-5-3-4-6-13(8)17(15,16)12(2)7-9(10)11-14/h8,14H,3-7H2,1-2H3,(H2,10,11). The van der Waals surface area contributed by atoms with Gasteiger partial charge in [-0.1, -0.05) is 11.6 Å². The van der Waals surface area contributed by atoms with Crippen molar-refractivity contribution in [2.75, 3.05) is 20.1 Å². The van der Waals surface area contributed by atoms with Crippen LogP contribution in [0.4, 0.5) is 0 Å². The Morgan fingerprint density at radius 3 is 2.76 bits per heavy atom. The molecule has 8 heteroatoms. The molecule has 0 amide bonds. The Bertz CT molecular complexity index is 382. The highest BCUT2D eigenvalue weighted by Crippen LogP contribution is 2.21. The fourth-order valence-corrected chi connectivity index (χ4v) is 3.51. The molecule has 1 saturated heterocycles. The Labute approximate surface area is 102 Å². The van der Waals surface area contributed by atoms with E-state index in [4.69, 9.17) is 10.9 Å². The van der Waals surface area contributed by atoms with Gasteiger partial charge in [-0.3, -0.25) is 0 Å². The Morgan fingerprint density at radius 2 is 2.24 bits per heavy atom. The summed E-state index contributed by atoms with van der Waals surface area (Å²) in [4.78, 5) is 0. The summed E-state index contributed by atoms with van der Waals surface area (Å²) in [6.07, 6.45) is 2.80. The van der Waals surface area contributed by atoms with Gasteiger partial charge in [-0.15, -0.1) is 0 Å². The Balaban J connectivity index is 2.79. The molecule has 0 spiro atoms. The van der Waals surface area contributed by atoms with E-state index in [2.05, 4.69) is 5.16 Å². The number of piperidine rings is 1. The molecule has 3 N–H and O–H groups in total. The average Bonchev–Trinajstić information content (AvgIpc) is 2.29. The SMILES string of the molecule is CC1CCCCN1S(=O)(=O)N(C)CC(N)=NO. The van der Waals surface area contributed by atoms with Crippen molar-refractivity contribution >= 4 is 16.0 Å². The molecule has 1 heterocycles. The lowest BCUT2D eigenvalue weighted by Gasteiger charge is -2.34. The summed E-state index contributed by atoms with van der Waals surface area (Å²) in [7, 11) is -2.10. The molecule has 17 heavy (non-hydrogen) atoms. The number of likely N-dealkylation sites (N-methyl/N-ethyl adjacent to an activating group) is 1. The van der Waals surface area contributed by atoms with Crippen LogP contribution in [0, 0.1) is 0 Å². The number of rotatable bonds is 4. The highest BCUT2D eigenvalue weighted by Gasteiger charge is 2.32. The maximum atomic E-state index is 12.2. The summed E-state index contributed by atoms with van der Waals surface area (Å²) in [6.45, 7) is 2.32. The first-order valence-corrected chi connectivity index (χ1v) is 6.98. The van der Waals surface area contributed by atoms with Crippen molar-refractivity contribution < 1.29 is 13.6 Å². The number of amidine groups is 1. The third-order valence-electron chi connectivity index (χ3n) is 2.95. The van der Waals surface area contributed by atoms with E-state index in [1.807, 2.05) is 6.92 Å². The Morgan fingerprint density at radius 1 is 1.59 bits per heavy atom. The largest absolute Gasteiger partial charge is 0.409 e. The summed E-state index contributed by atoms with van der Waals surface area (Å²) in [5.41, 5.74) is 5.31. The van der Waals surface area contributed by atoms with Crippen molar-refractivity contribution in [1.82, 2.24) is 8.61 Å². The van der Waals surface area contributed by atoms with Crippen molar-refractivity contribution in [1.29, 1.82) is 0 Å². The Hall–Kier alpha value is -0.860. The third-order valence-corrected chi connectivity index (χ3v) is 5.00. The van der Waals surface area contributed by atoms with Gasteiger partial charge in [0.05, 0.1) is 6.54 Å². The van der Waals surface area contributed by atoms with Gasteiger partial charge < -0.3 is 10.9 Å². The molecule has 1 aliphatic rings. The molecule has 100 valence electrons. The fourth-order valence-electron chi connectivity index (χ4n) is 1.93. The van der Waals surface area contributed by atoms with E-state index in [1.165, 1.54) is 11.4 Å². The van der Waals surface area contributed by atoms with Gasteiger partial charge in [0.1, 0.15) is 0 Å². The smallest absolute Gasteiger partial charge is 0.282 e. The first-order valence-electron chi connectivity index (χ1n) is 5.59. The minimum Gasteiger partial charge on any atom is -0.409 e. The number of oxime groups is 1. The molecular weight excluding hydrogens is 244 g/mol. The zero-order valence-electron chi connectivity index (χ0n) is 10.2. The maximum Gasteiger partial charge on any atom is 0.282 e. The lowest BCUT2D eigenvalue weighted by Crippen LogP contribution is -2.50. The van der Waals surface area contributed by atoms with Gasteiger partial charge >= 0.3 is 0 Å². The quantitative estimate of drug-likeness (QED) is 0.317. The lowest BCUT2D eigenvalue weighted by atomic mass is 10.1. The van der Waals surface area contributed by atoms with Crippen LogP contribution in [0.25, 0.3) is 0 Å². The molecule has 1 atom stereocenters. The van der Waals surface area contributed by atoms with E-state index in [1.54, 1.807) is 0 Å². The van der Waals surface area contributed by atoms with E-state index < -0.39 is 10.2 Å². The number of nitrogens with zero attached hydrogens (tertiary/aromatic N) is 3. The first kappa shape index (κ1) is 14.2. The fraction of sp³-hybridized carbons (Fsp3) is 0.889. The molecular formula is C9H20N4O3S. The Kier molecular flexibility index (Phi) is 4.72. The monoisotopic (exact) mass is 264 g/mol. The molecule has 0 aromatic carbocycles. The van der Waals surface area contributed by atoms with Gasteiger partial charge in [-0.25, -0.2) is 0 Å². The summed E-state index contributed by atoms with van der Waals surface area (Å²) in [6, 6.07) is 0.00323. The second-order valence-electron chi connectivity index (χ2n) is 4.31. The third kappa shape index (κ3) is 3.30. The van der Waals surface area contributed by atoms with Crippen LogP contribution >= 0.6 is 0 Å². The molecule has 0 aromatic rings. The van der Waals surface area contributed by atoms with Crippen molar-refractivity contribution in [3.05, 3.63) is 0 Å². The maximum absolute atomic E-state index is 12.2. The highest BCUT2D eigenvalue weighted by atomic mass is 32.2. The molecule has 1 unspecified atom stereocenters. The van der Waals surface area contributed by atoms with Gasteiger partial charge in [0, 0.05) is 19.6 Å². The average molecular weight is 264 g/mol. The van der Waals surface area contributed by atoms with Gasteiger partial charge in [-0.2, -0.15) is 17.0 Å². The molecule has 1 aliphatic heterocycles. The van der Waals surface area contributed by atoms with E-state index in [9.17, 15) is 8.42 Å². The number of hydrogen-bond donors (Lipinski definition) is 2. The van der Waals surface area contributed by atoms with Crippen molar-refractivity contribution in [2.45, 2.75) is 32.2 Å². The molecule has 0 bridgehead atoms. The molecule has 0 radical (unpaired) electrons. The number of hydrogen-bond acceptors (Lipinski definition) is 4. The van der Waals surface area contributed by atoms with Crippen molar-refractivity contribution in [3.63, 3.8) is 0 Å². The van der Waals surface area contributed by atoms with Crippen LogP contribution in [0.5, 0.6) is 0 Å². The van der Waals surface area contributed by atoms with E-state index in [0.29, 0.717) is 6.54 Å². The van der Waals surface area contributed by atoms with Gasteiger partial charge in [-0.05, 0) is 19.8 Å². The molecule has 7 nitrogen and oxygen atoms in total. The molecule has 1 fully saturated rings. The van der Waals surface area contributed by atoms with Crippen LogP contribution in [0.3, 0.4) is 0 Å². The van der Waals surface area contributed by atoms with Crippen LogP contribution in [0.1, 0.15) is 26.2 Å². The van der Waals surface area contributed by atoms with Crippen LogP contribution in [0.15, 0.2) is 5.16 Å². The van der Waals surface area contributed by atoms with Crippen LogP contribution < -0.4 is 5.73 Å². The van der Waals surface area contributed by atoms with Crippen molar-refractivity contribution in [3.8, 4) is 0 Å². The first-order chi connectivity index (χ1) is 7.89. The summed E-state index contributed by atoms with van der Waals surface area (Å²) in [5, 5.41) is 11.2. The second kappa shape index (κ2) is 5.65. The van der Waals surface area contributed by atoms with Gasteiger partial charge in [0.2, 0.25) is 0 Å². The van der Waals surface area contributed by atoms with E-state index in [-0.39, 0.29) is 18.4 Å². The van der Waals surface area contributed by atoms with Crippen LogP contribution in [-0.2, 0) is 10.2 Å². The van der Waals surface area contributed by atoms with Gasteiger partial charge in [0.25, 0.3) is 10.2 Å². The predicted octanol–water partition coefficient (Wildman–Crippen LogP) is -0.216. The summed E-state index contributed by atoms with van der Waals surface area (Å²) >= 11 is 0. The zero-order valence-corrected chi connectivity index (χ0v) is 11.0. The lowest BCUT2D eigenvalue weighted by molar-refractivity contribution is 0.252. The zero-order chi connectivity index (χ0) is 13.1. The minimum absolute atomic E-state index is 0.00323. The summed E-state index contributed by atoms with van der Waals surface area (Å²) in [5.74, 6) is -0.124. The predicted molar refractivity (Wildman–Crippen MR) is 65.0 cm³/mol. The molecule has 0 saturated carbocycles. The van der Waals surface area contributed by atoms with E-state index >= 15 is 0 Å². The van der Waals surface area contributed by atoms with Crippen LogP contribution in [-0.4, -0.2) is 54.3 Å². The van der Waals surface area contributed by atoms with Crippen molar-refractivity contribution in [2.24, 2.45) is 10.9 Å². The summed E-state index contributed by atoms with van der Waals surface area (Å²) < 4.78 is 27.0. The van der Waals surface area contributed by atoms with Gasteiger partial charge in [0.15, 0.2) is 5.84 Å². The molecule has 0 aliphatic carbocycles. The highest BCUT2D eigenvalue weighted by molar-refractivity contribution is 7.86. The molecule has 0 aromatic heterocycles. The minimum atomic E-state index is -3.52.